The highest BCUT2D eigenvalue weighted by atomic mass is 15.2. The van der Waals surface area contributed by atoms with E-state index in [0.29, 0.717) is 5.82 Å². The fourth-order valence-electron chi connectivity index (χ4n) is 7.39. The van der Waals surface area contributed by atoms with Crippen LogP contribution in [0.25, 0.3) is 77.1 Å². The molecular weight excluding hydrogens is 573 g/mol. The van der Waals surface area contributed by atoms with Crippen molar-refractivity contribution in [3.8, 4) is 33.9 Å². The van der Waals surface area contributed by atoms with Gasteiger partial charge in [-0.1, -0.05) is 121 Å². The Hall–Kier alpha value is -6.39. The first-order valence-electron chi connectivity index (χ1n) is 15.9. The van der Waals surface area contributed by atoms with Crippen LogP contribution in [0.3, 0.4) is 0 Å². The van der Waals surface area contributed by atoms with Crippen molar-refractivity contribution in [2.45, 2.75) is 0 Å². The average molecular weight is 599 g/mol. The van der Waals surface area contributed by atoms with Crippen molar-refractivity contribution in [1.29, 1.82) is 0 Å². The summed E-state index contributed by atoms with van der Waals surface area (Å²) in [5.41, 5.74) is 9.55. The van der Waals surface area contributed by atoms with E-state index >= 15 is 0 Å². The van der Waals surface area contributed by atoms with E-state index in [1.54, 1.807) is 0 Å². The van der Waals surface area contributed by atoms with Crippen LogP contribution in [0.2, 0.25) is 0 Å². The highest BCUT2D eigenvalue weighted by Crippen LogP contribution is 2.54. The molecule has 0 saturated carbocycles. The molecule has 4 heteroatoms. The van der Waals surface area contributed by atoms with E-state index in [-0.39, 0.29) is 0 Å². The molecular formula is C43H26N4. The van der Waals surface area contributed by atoms with Crippen LogP contribution in [-0.2, 0) is 0 Å². The third-order valence-corrected chi connectivity index (χ3v) is 9.43. The van der Waals surface area contributed by atoms with Crippen molar-refractivity contribution < 1.29 is 0 Å². The van der Waals surface area contributed by atoms with Crippen molar-refractivity contribution in [1.82, 2.24) is 15.0 Å². The number of rotatable bonds is 3. The molecule has 0 radical (unpaired) electrons. The van der Waals surface area contributed by atoms with Crippen molar-refractivity contribution in [3.05, 3.63) is 158 Å². The molecule has 0 atom stereocenters. The number of nitrogens with zero attached hydrogens (tertiary/aromatic N) is 4. The number of hydrogen-bond acceptors (Lipinski definition) is 4. The first kappa shape index (κ1) is 25.9. The molecule has 0 fully saturated rings. The van der Waals surface area contributed by atoms with Gasteiger partial charge in [0.1, 0.15) is 5.69 Å². The quantitative estimate of drug-likeness (QED) is 0.203. The van der Waals surface area contributed by atoms with Crippen LogP contribution in [0.4, 0.5) is 17.1 Å². The molecule has 1 aliphatic rings. The van der Waals surface area contributed by atoms with Gasteiger partial charge in [0.2, 0.25) is 0 Å². The molecule has 0 bridgehead atoms. The van der Waals surface area contributed by atoms with E-state index in [1.807, 2.05) is 36.5 Å². The Bertz CT molecular complexity index is 2690. The van der Waals surface area contributed by atoms with Crippen molar-refractivity contribution >= 4 is 60.3 Å². The van der Waals surface area contributed by atoms with E-state index in [0.717, 1.165) is 44.3 Å². The van der Waals surface area contributed by atoms with E-state index in [1.165, 1.54) is 44.0 Å². The first-order chi connectivity index (χ1) is 23.3. The molecule has 0 N–H and O–H groups in total. The van der Waals surface area contributed by atoms with Crippen LogP contribution >= 0.6 is 0 Å². The summed E-state index contributed by atoms with van der Waals surface area (Å²) in [6, 6.07) is 53.7. The summed E-state index contributed by atoms with van der Waals surface area (Å²) in [5, 5.41) is 8.16. The lowest BCUT2D eigenvalue weighted by atomic mass is 9.88. The predicted octanol–water partition coefficient (Wildman–Crippen LogP) is 11.3. The second kappa shape index (κ2) is 10.1. The lowest BCUT2D eigenvalue weighted by Crippen LogP contribution is -2.16. The molecule has 7 aromatic carbocycles. The largest absolute Gasteiger partial charge is 0.308 e. The number of para-hydroxylation sites is 1. The summed E-state index contributed by atoms with van der Waals surface area (Å²) < 4.78 is 0. The van der Waals surface area contributed by atoms with Gasteiger partial charge < -0.3 is 4.90 Å². The maximum atomic E-state index is 5.18. The lowest BCUT2D eigenvalue weighted by molar-refractivity contribution is 1.20. The predicted molar refractivity (Wildman–Crippen MR) is 194 cm³/mol. The van der Waals surface area contributed by atoms with Crippen LogP contribution in [0.5, 0.6) is 0 Å². The fraction of sp³-hybridized carbons (Fsp3) is 0. The zero-order valence-electron chi connectivity index (χ0n) is 25.3. The molecule has 1 aliphatic heterocycles. The molecule has 0 saturated heterocycles. The van der Waals surface area contributed by atoms with Gasteiger partial charge in [-0.05, 0) is 52.1 Å². The molecule has 218 valence electrons. The minimum absolute atomic E-state index is 0.684. The molecule has 0 unspecified atom stereocenters. The molecule has 0 spiro atoms. The van der Waals surface area contributed by atoms with E-state index < -0.39 is 0 Å². The van der Waals surface area contributed by atoms with Crippen LogP contribution in [0.15, 0.2) is 158 Å². The Morgan fingerprint density at radius 1 is 0.426 bits per heavy atom. The maximum absolute atomic E-state index is 5.18. The average Bonchev–Trinajstić information content (AvgIpc) is 3.14. The van der Waals surface area contributed by atoms with E-state index in [4.69, 9.17) is 9.97 Å². The molecule has 3 heterocycles. The van der Waals surface area contributed by atoms with Gasteiger partial charge in [0.05, 0.1) is 28.3 Å². The minimum Gasteiger partial charge on any atom is -0.308 e. The second-order valence-electron chi connectivity index (χ2n) is 12.0. The SMILES string of the molecule is c1ccc(-c2nc(-c3cccc4c(N5c6c(ccc7ccccc67)-c6cccc7cccc5c67)cccc34)nc3ccccc23)nc1. The van der Waals surface area contributed by atoms with Crippen LogP contribution < -0.4 is 4.90 Å². The zero-order valence-corrected chi connectivity index (χ0v) is 25.3. The molecule has 10 rings (SSSR count). The van der Waals surface area contributed by atoms with Crippen molar-refractivity contribution in [2.24, 2.45) is 0 Å². The minimum atomic E-state index is 0.684. The Morgan fingerprint density at radius 3 is 2.04 bits per heavy atom. The third-order valence-electron chi connectivity index (χ3n) is 9.43. The Balaban J connectivity index is 1.27. The smallest absolute Gasteiger partial charge is 0.161 e. The summed E-state index contributed by atoms with van der Waals surface area (Å²) in [7, 11) is 0. The first-order valence-corrected chi connectivity index (χ1v) is 15.9. The Kier molecular flexibility index (Phi) is 5.54. The summed E-state index contributed by atoms with van der Waals surface area (Å²) in [6.07, 6.45) is 1.81. The highest BCUT2D eigenvalue weighted by Gasteiger charge is 2.29. The number of fused-ring (bicyclic) bond motifs is 6. The van der Waals surface area contributed by atoms with Crippen molar-refractivity contribution in [2.75, 3.05) is 4.90 Å². The summed E-state index contributed by atoms with van der Waals surface area (Å²) >= 11 is 0. The van der Waals surface area contributed by atoms with Crippen LogP contribution in [-0.4, -0.2) is 15.0 Å². The normalized spacial score (nSPS) is 12.2. The Morgan fingerprint density at radius 2 is 1.13 bits per heavy atom. The topological polar surface area (TPSA) is 41.9 Å². The monoisotopic (exact) mass is 598 g/mol. The number of pyridine rings is 1. The van der Waals surface area contributed by atoms with Gasteiger partial charge >= 0.3 is 0 Å². The van der Waals surface area contributed by atoms with Crippen LogP contribution in [0.1, 0.15) is 0 Å². The zero-order chi connectivity index (χ0) is 30.9. The molecule has 0 aliphatic carbocycles. The van der Waals surface area contributed by atoms with Gasteiger partial charge in [-0.15, -0.1) is 0 Å². The summed E-state index contributed by atoms with van der Waals surface area (Å²) in [4.78, 5) is 17.4. The van der Waals surface area contributed by atoms with Crippen molar-refractivity contribution in [3.63, 3.8) is 0 Å². The number of aromatic nitrogens is 3. The molecule has 0 amide bonds. The van der Waals surface area contributed by atoms with Gasteiger partial charge in [0.15, 0.2) is 5.82 Å². The molecule has 4 nitrogen and oxygen atoms in total. The van der Waals surface area contributed by atoms with Gasteiger partial charge in [-0.2, -0.15) is 0 Å². The second-order valence-corrected chi connectivity index (χ2v) is 12.0. The molecule has 2 aromatic heterocycles. The number of anilines is 3. The summed E-state index contributed by atoms with van der Waals surface area (Å²) in [6.45, 7) is 0. The summed E-state index contributed by atoms with van der Waals surface area (Å²) in [5.74, 6) is 0.684. The highest BCUT2D eigenvalue weighted by molar-refractivity contribution is 6.20. The van der Waals surface area contributed by atoms with Gasteiger partial charge in [0, 0.05) is 38.9 Å². The Labute approximate surface area is 271 Å². The standard InChI is InChI=1S/C43H26N4/c1-2-14-29-27(11-1)24-25-33-32-18-7-12-28-13-8-23-39(40(28)32)47(42(29)33)38-22-10-16-30-31(38)17-9-19-34(30)43-45-36-20-4-3-15-35(36)41(46-43)37-21-5-6-26-44-37/h1-26H. The molecule has 9 aromatic rings. The fourth-order valence-corrected chi connectivity index (χ4v) is 7.39. The van der Waals surface area contributed by atoms with E-state index in [2.05, 4.69) is 131 Å². The number of hydrogen-bond donors (Lipinski definition) is 0. The third kappa shape index (κ3) is 3.85. The van der Waals surface area contributed by atoms with Gasteiger partial charge in [0.25, 0.3) is 0 Å². The van der Waals surface area contributed by atoms with Gasteiger partial charge in [-0.3, -0.25) is 4.98 Å². The van der Waals surface area contributed by atoms with E-state index in [9.17, 15) is 0 Å². The maximum Gasteiger partial charge on any atom is 0.161 e. The molecule has 47 heavy (non-hydrogen) atoms. The lowest BCUT2D eigenvalue weighted by Gasteiger charge is -2.35. The van der Waals surface area contributed by atoms with Crippen LogP contribution in [0, 0.1) is 0 Å². The number of benzene rings is 7. The van der Waals surface area contributed by atoms with Gasteiger partial charge in [-0.25, -0.2) is 9.97 Å².